The van der Waals surface area contributed by atoms with E-state index in [1.807, 2.05) is 0 Å². The van der Waals surface area contributed by atoms with E-state index in [1.165, 1.54) is 13.8 Å². The van der Waals surface area contributed by atoms with Crippen LogP contribution in [0.5, 0.6) is 0 Å². The molecule has 2 N–H and O–H groups in total. The molecule has 9 heteroatoms. The van der Waals surface area contributed by atoms with Crippen molar-refractivity contribution in [2.75, 3.05) is 0 Å². The van der Waals surface area contributed by atoms with Crippen LogP contribution in [0.25, 0.3) is 0 Å². The fraction of sp³-hybridized carbons (Fsp3) is 0.700. The molecule has 1 fully saturated rings. The Labute approximate surface area is 111 Å². The molecule has 19 heavy (non-hydrogen) atoms. The first-order valence-corrected chi connectivity index (χ1v) is 7.10. The van der Waals surface area contributed by atoms with E-state index in [0.29, 0.717) is 0 Å². The van der Waals surface area contributed by atoms with Gasteiger partial charge in [0.15, 0.2) is 10.6 Å². The Balaban J connectivity index is 2.21. The van der Waals surface area contributed by atoms with Gasteiger partial charge in [0.05, 0.1) is 5.54 Å². The number of hydrogen-bond acceptors (Lipinski definition) is 7. The van der Waals surface area contributed by atoms with E-state index in [0.717, 1.165) is 4.31 Å². The van der Waals surface area contributed by atoms with E-state index in [9.17, 15) is 13.2 Å². The van der Waals surface area contributed by atoms with E-state index in [1.54, 1.807) is 13.8 Å². The minimum Gasteiger partial charge on any atom is -0.337 e. The van der Waals surface area contributed by atoms with Crippen LogP contribution < -0.4 is 5.73 Å². The summed E-state index contributed by atoms with van der Waals surface area (Å²) in [6.45, 7) is 5.85. The fourth-order valence-corrected chi connectivity index (χ4v) is 3.09. The smallest absolute Gasteiger partial charge is 0.259 e. The topological polar surface area (TPSA) is 119 Å². The monoisotopic (exact) mass is 288 g/mol. The Morgan fingerprint density at radius 1 is 1.42 bits per heavy atom. The normalized spacial score (nSPS) is 21.3. The molecule has 0 bridgehead atoms. The van der Waals surface area contributed by atoms with Crippen molar-refractivity contribution in [2.24, 2.45) is 5.73 Å². The highest BCUT2D eigenvalue weighted by Gasteiger charge is 2.60. The van der Waals surface area contributed by atoms with Crippen LogP contribution in [-0.2, 0) is 26.9 Å². The van der Waals surface area contributed by atoms with Crippen LogP contribution >= 0.6 is 0 Å². The van der Waals surface area contributed by atoms with Gasteiger partial charge >= 0.3 is 0 Å². The molecule has 1 aromatic rings. The van der Waals surface area contributed by atoms with Gasteiger partial charge in [-0.3, -0.25) is 4.79 Å². The Hall–Kier alpha value is -1.48. The molecule has 0 saturated carbocycles. The molecule has 0 spiro atoms. The zero-order valence-electron chi connectivity index (χ0n) is 11.2. The van der Waals surface area contributed by atoms with Gasteiger partial charge in [0.2, 0.25) is 5.89 Å². The lowest BCUT2D eigenvalue weighted by molar-refractivity contribution is -0.132. The summed E-state index contributed by atoms with van der Waals surface area (Å²) in [6, 6.07) is 0. The maximum atomic E-state index is 11.9. The van der Waals surface area contributed by atoms with Crippen molar-refractivity contribution in [2.45, 2.75) is 44.5 Å². The molecule has 1 aliphatic rings. The van der Waals surface area contributed by atoms with Crippen LogP contribution in [0.4, 0.5) is 0 Å². The number of carbonyl (C=O) groups excluding carboxylic acids is 1. The summed E-state index contributed by atoms with van der Waals surface area (Å²) in [7, 11) is -3.65. The second kappa shape index (κ2) is 3.76. The number of carbonyl (C=O) groups is 1. The first-order chi connectivity index (χ1) is 8.48. The van der Waals surface area contributed by atoms with Crippen LogP contribution in [0.2, 0.25) is 0 Å². The predicted octanol–water partition coefficient (Wildman–Crippen LogP) is -0.286. The molecule has 8 nitrogen and oxygen atoms in total. The van der Waals surface area contributed by atoms with Crippen LogP contribution in [-0.4, -0.2) is 33.5 Å². The van der Waals surface area contributed by atoms with Gasteiger partial charge in [-0.15, -0.1) is 0 Å². The van der Waals surface area contributed by atoms with Crippen molar-refractivity contribution in [3.05, 3.63) is 11.7 Å². The highest BCUT2D eigenvalue weighted by Crippen LogP contribution is 2.35. The first kappa shape index (κ1) is 13.9. The van der Waals surface area contributed by atoms with Gasteiger partial charge in [0.1, 0.15) is 6.54 Å². The lowest BCUT2D eigenvalue weighted by atomic mass is 10.1. The van der Waals surface area contributed by atoms with E-state index in [4.69, 9.17) is 10.3 Å². The zero-order valence-corrected chi connectivity index (χ0v) is 12.0. The molecule has 1 saturated heterocycles. The van der Waals surface area contributed by atoms with Crippen molar-refractivity contribution in [1.29, 1.82) is 0 Å². The summed E-state index contributed by atoms with van der Waals surface area (Å²) in [6.07, 6.45) is 0. The maximum Gasteiger partial charge on any atom is 0.259 e. The van der Waals surface area contributed by atoms with Gasteiger partial charge in [0.25, 0.3) is 15.9 Å². The zero-order chi connectivity index (χ0) is 14.6. The second-order valence-electron chi connectivity index (χ2n) is 5.56. The molecule has 0 aliphatic carbocycles. The van der Waals surface area contributed by atoms with Crippen molar-refractivity contribution in [3.8, 4) is 0 Å². The summed E-state index contributed by atoms with van der Waals surface area (Å²) in [5, 5.41) is 3.66. The van der Waals surface area contributed by atoms with Crippen molar-refractivity contribution in [3.63, 3.8) is 0 Å². The Morgan fingerprint density at radius 3 is 2.42 bits per heavy atom. The summed E-state index contributed by atoms with van der Waals surface area (Å²) in [5.74, 6) is -0.188. The molecule has 1 aliphatic heterocycles. The van der Waals surface area contributed by atoms with Gasteiger partial charge < -0.3 is 10.3 Å². The molecule has 0 atom stereocenters. The summed E-state index contributed by atoms with van der Waals surface area (Å²) < 4.78 is 28.0. The van der Waals surface area contributed by atoms with Gasteiger partial charge in [0, 0.05) is 0 Å². The van der Waals surface area contributed by atoms with E-state index < -0.39 is 26.2 Å². The van der Waals surface area contributed by atoms with Crippen LogP contribution in [0.3, 0.4) is 0 Å². The number of hydrogen-bond donors (Lipinski definition) is 1. The number of nitrogens with zero attached hydrogens (tertiary/aromatic N) is 3. The molecule has 1 amide bonds. The highest BCUT2D eigenvalue weighted by molar-refractivity contribution is 7.94. The largest absolute Gasteiger partial charge is 0.337 e. The van der Waals surface area contributed by atoms with E-state index in [-0.39, 0.29) is 18.3 Å². The molecule has 0 aromatic carbocycles. The van der Waals surface area contributed by atoms with Crippen molar-refractivity contribution < 1.29 is 17.7 Å². The standard InChI is InChI=1S/C10H16N4O4S/c1-9(2,11)7-12-6(18-13-7)5-14-8(15)10(3,4)19(14,16)17/h5,11H2,1-4H3. The average molecular weight is 288 g/mol. The van der Waals surface area contributed by atoms with Crippen molar-refractivity contribution in [1.82, 2.24) is 14.4 Å². The summed E-state index contributed by atoms with van der Waals surface area (Å²) in [4.78, 5) is 15.7. The summed E-state index contributed by atoms with van der Waals surface area (Å²) >= 11 is 0. The van der Waals surface area contributed by atoms with Gasteiger partial charge in [-0.2, -0.15) is 4.98 Å². The molecule has 1 aromatic heterocycles. The maximum absolute atomic E-state index is 11.9. The number of nitrogens with two attached hydrogens (primary N) is 1. The third-order valence-electron chi connectivity index (χ3n) is 3.00. The molecule has 2 heterocycles. The number of rotatable bonds is 3. The predicted molar refractivity (Wildman–Crippen MR) is 65.1 cm³/mol. The Kier molecular flexibility index (Phi) is 2.76. The molecule has 0 unspecified atom stereocenters. The SMILES string of the molecule is CC(C)(N)c1noc(CN2C(=O)C(C)(C)S2(=O)=O)n1. The summed E-state index contributed by atoms with van der Waals surface area (Å²) in [5.41, 5.74) is 4.99. The highest BCUT2D eigenvalue weighted by atomic mass is 32.2. The Bertz CT molecular complexity index is 626. The van der Waals surface area contributed by atoms with Crippen LogP contribution in [0.1, 0.15) is 39.4 Å². The third-order valence-corrected chi connectivity index (χ3v) is 5.34. The molecule has 2 rings (SSSR count). The van der Waals surface area contributed by atoms with Gasteiger partial charge in [-0.25, -0.2) is 12.7 Å². The van der Waals surface area contributed by atoms with Crippen LogP contribution in [0.15, 0.2) is 4.52 Å². The number of sulfonamides is 1. The van der Waals surface area contributed by atoms with Gasteiger partial charge in [-0.1, -0.05) is 5.16 Å². The quantitative estimate of drug-likeness (QED) is 0.811. The second-order valence-corrected chi connectivity index (χ2v) is 7.97. The molecule has 0 radical (unpaired) electrons. The van der Waals surface area contributed by atoms with Crippen LogP contribution in [0, 0.1) is 0 Å². The number of amides is 1. The van der Waals surface area contributed by atoms with E-state index >= 15 is 0 Å². The Morgan fingerprint density at radius 2 is 2.00 bits per heavy atom. The third kappa shape index (κ3) is 1.93. The minimum absolute atomic E-state index is 0.0425. The molecular formula is C10H16N4O4S. The minimum atomic E-state index is -3.65. The average Bonchev–Trinajstić information content (AvgIpc) is 2.72. The molecular weight excluding hydrogens is 272 g/mol. The molecule has 106 valence electrons. The lowest BCUT2D eigenvalue weighted by Crippen LogP contribution is -2.66. The lowest BCUT2D eigenvalue weighted by Gasteiger charge is -2.42. The van der Waals surface area contributed by atoms with E-state index in [2.05, 4.69) is 10.1 Å². The van der Waals surface area contributed by atoms with Crippen molar-refractivity contribution >= 4 is 15.9 Å². The number of aromatic nitrogens is 2. The first-order valence-electron chi connectivity index (χ1n) is 5.66. The van der Waals surface area contributed by atoms with Gasteiger partial charge in [-0.05, 0) is 27.7 Å². The fourth-order valence-electron chi connectivity index (χ4n) is 1.62.